The first-order valence-corrected chi connectivity index (χ1v) is 11.5. The Morgan fingerprint density at radius 1 is 1.24 bits per heavy atom. The minimum atomic E-state index is 0.219. The molecule has 5 rings (SSSR count). The molecule has 9 atom stereocenters. The quantitative estimate of drug-likeness (QED) is 0.468. The zero-order valence-corrected chi connectivity index (χ0v) is 17.3. The van der Waals surface area contributed by atoms with Crippen molar-refractivity contribution in [3.8, 4) is 0 Å². The van der Waals surface area contributed by atoms with Crippen molar-refractivity contribution in [2.75, 3.05) is 5.33 Å². The lowest BCUT2D eigenvalue weighted by molar-refractivity contribution is -0.117. The molecule has 5 aliphatic rings. The zero-order chi connectivity index (χ0) is 17.6. The van der Waals surface area contributed by atoms with E-state index in [1.54, 1.807) is 0 Å². The van der Waals surface area contributed by atoms with Crippen molar-refractivity contribution < 1.29 is 9.53 Å². The van der Waals surface area contributed by atoms with E-state index in [0.717, 1.165) is 47.8 Å². The molecule has 4 aliphatic carbocycles. The summed E-state index contributed by atoms with van der Waals surface area (Å²) in [6.07, 6.45) is 9.94. The van der Waals surface area contributed by atoms with Crippen LogP contribution in [0.5, 0.6) is 0 Å². The number of ether oxygens (including phenoxy) is 1. The van der Waals surface area contributed by atoms with Gasteiger partial charge in [-0.3, -0.25) is 4.79 Å². The minimum Gasteiger partial charge on any atom is -0.365 e. The van der Waals surface area contributed by atoms with Crippen LogP contribution in [0.2, 0.25) is 0 Å². The van der Waals surface area contributed by atoms with E-state index in [9.17, 15) is 4.79 Å². The van der Waals surface area contributed by atoms with Crippen molar-refractivity contribution in [3.05, 3.63) is 11.6 Å². The molecule has 0 bridgehead atoms. The van der Waals surface area contributed by atoms with Crippen molar-refractivity contribution in [2.45, 2.75) is 71.5 Å². The molecule has 0 aromatic heterocycles. The van der Waals surface area contributed by atoms with E-state index >= 15 is 0 Å². The zero-order valence-electron chi connectivity index (χ0n) is 15.8. The molecule has 0 aromatic carbocycles. The summed E-state index contributed by atoms with van der Waals surface area (Å²) in [5.41, 5.74) is 2.07. The molecule has 2 nitrogen and oxygen atoms in total. The molecule has 0 spiro atoms. The van der Waals surface area contributed by atoms with Crippen LogP contribution < -0.4 is 0 Å². The summed E-state index contributed by atoms with van der Waals surface area (Å²) < 4.78 is 6.28. The molecule has 1 saturated heterocycles. The van der Waals surface area contributed by atoms with E-state index in [1.165, 1.54) is 31.3 Å². The molecule has 25 heavy (non-hydrogen) atoms. The van der Waals surface area contributed by atoms with Crippen LogP contribution in [0.3, 0.4) is 0 Å². The van der Waals surface area contributed by atoms with Gasteiger partial charge in [-0.05, 0) is 84.2 Å². The lowest BCUT2D eigenvalue weighted by atomic mass is 9.46. The summed E-state index contributed by atoms with van der Waals surface area (Å²) in [6, 6.07) is 0. The number of carbonyl (C=O) groups excluding carboxylic acids is 1. The van der Waals surface area contributed by atoms with Gasteiger partial charge in [-0.1, -0.05) is 36.7 Å². The van der Waals surface area contributed by atoms with Gasteiger partial charge in [0.2, 0.25) is 0 Å². The SMILES string of the molecule is C[C@H](CBr)[C@H]1CC[C@H]2[C@@H]3[C@@H]4O[C@@H]4C4=CC(=O)CC[C@]4(C)[C@H]3CC[C@]12C. The molecule has 1 heterocycles. The van der Waals surface area contributed by atoms with E-state index < -0.39 is 0 Å². The van der Waals surface area contributed by atoms with Crippen molar-refractivity contribution in [1.82, 2.24) is 0 Å². The largest absolute Gasteiger partial charge is 0.365 e. The Labute approximate surface area is 160 Å². The standard InChI is InChI=1S/C22H31BrO2/c1-12(11-23)14-4-5-15-18-16(7-9-21(14,15)2)22(3)8-6-13(24)10-17(22)19-20(18)25-19/h10,12,14-16,18-20H,4-9,11H2,1-3H3/t12-,14-,15+,16+,18+,19-,20+,21-,22-/m1/s1. The van der Waals surface area contributed by atoms with Crippen LogP contribution in [0.15, 0.2) is 11.6 Å². The number of alkyl halides is 1. The van der Waals surface area contributed by atoms with Crippen LogP contribution in [0.25, 0.3) is 0 Å². The second kappa shape index (κ2) is 5.44. The Morgan fingerprint density at radius 3 is 2.80 bits per heavy atom. The smallest absolute Gasteiger partial charge is 0.155 e. The van der Waals surface area contributed by atoms with Gasteiger partial charge >= 0.3 is 0 Å². The number of epoxide rings is 1. The van der Waals surface area contributed by atoms with Gasteiger partial charge in [-0.2, -0.15) is 0 Å². The number of rotatable bonds is 2. The first kappa shape index (κ1) is 17.0. The van der Waals surface area contributed by atoms with Gasteiger partial charge in [0, 0.05) is 11.8 Å². The number of ketones is 1. The number of hydrogen-bond donors (Lipinski definition) is 0. The van der Waals surface area contributed by atoms with E-state index in [2.05, 4.69) is 36.7 Å². The first-order chi connectivity index (χ1) is 11.9. The molecule has 3 saturated carbocycles. The van der Waals surface area contributed by atoms with E-state index in [0.29, 0.717) is 17.3 Å². The highest BCUT2D eigenvalue weighted by atomic mass is 79.9. The third kappa shape index (κ3) is 2.15. The van der Waals surface area contributed by atoms with Crippen LogP contribution in [-0.2, 0) is 9.53 Å². The molecule has 4 fully saturated rings. The van der Waals surface area contributed by atoms with Gasteiger partial charge in [-0.25, -0.2) is 0 Å². The van der Waals surface area contributed by atoms with Gasteiger partial charge in [0.05, 0.1) is 6.10 Å². The highest BCUT2D eigenvalue weighted by Gasteiger charge is 2.69. The van der Waals surface area contributed by atoms with Crippen molar-refractivity contribution in [3.63, 3.8) is 0 Å². The van der Waals surface area contributed by atoms with Gasteiger partial charge in [0.1, 0.15) is 6.10 Å². The fourth-order valence-corrected chi connectivity index (χ4v) is 8.34. The van der Waals surface area contributed by atoms with Crippen molar-refractivity contribution >= 4 is 21.7 Å². The molecule has 0 amide bonds. The number of fused-ring (bicyclic) bond motifs is 8. The first-order valence-electron chi connectivity index (χ1n) is 10.4. The van der Waals surface area contributed by atoms with Crippen LogP contribution >= 0.6 is 15.9 Å². The molecule has 138 valence electrons. The maximum Gasteiger partial charge on any atom is 0.155 e. The Balaban J connectivity index is 1.51. The average Bonchev–Trinajstić information content (AvgIpc) is 3.30. The highest BCUT2D eigenvalue weighted by molar-refractivity contribution is 9.09. The summed E-state index contributed by atoms with van der Waals surface area (Å²) in [5, 5.41) is 1.13. The van der Waals surface area contributed by atoms with Gasteiger partial charge in [0.25, 0.3) is 0 Å². The fraction of sp³-hybridized carbons (Fsp3) is 0.864. The molecule has 0 N–H and O–H groups in total. The number of carbonyl (C=O) groups is 1. The molecule has 0 aromatic rings. The molecule has 0 unspecified atom stereocenters. The monoisotopic (exact) mass is 406 g/mol. The third-order valence-corrected chi connectivity index (χ3v) is 10.3. The highest BCUT2D eigenvalue weighted by Crippen LogP contribution is 2.70. The predicted octanol–water partition coefficient (Wildman–Crippen LogP) is 5.15. The summed E-state index contributed by atoms with van der Waals surface area (Å²) in [7, 11) is 0. The lowest BCUT2D eigenvalue weighted by Crippen LogP contribution is -2.53. The molecule has 0 radical (unpaired) electrons. The van der Waals surface area contributed by atoms with Gasteiger partial charge in [0.15, 0.2) is 5.78 Å². The second-order valence-electron chi connectivity index (χ2n) is 10.2. The maximum atomic E-state index is 12.0. The average molecular weight is 407 g/mol. The topological polar surface area (TPSA) is 29.6 Å². The minimum absolute atomic E-state index is 0.219. The summed E-state index contributed by atoms with van der Waals surface area (Å²) in [5.74, 6) is 4.23. The van der Waals surface area contributed by atoms with E-state index in [4.69, 9.17) is 4.74 Å². The predicted molar refractivity (Wildman–Crippen MR) is 103 cm³/mol. The molecule has 3 heteroatoms. The second-order valence-corrected chi connectivity index (χ2v) is 10.8. The maximum absolute atomic E-state index is 12.0. The van der Waals surface area contributed by atoms with Crippen LogP contribution in [0.1, 0.15) is 59.3 Å². The Kier molecular flexibility index (Phi) is 3.69. The normalized spacial score (nSPS) is 54.7. The van der Waals surface area contributed by atoms with Gasteiger partial charge < -0.3 is 4.74 Å². The number of hydrogen-bond acceptors (Lipinski definition) is 2. The summed E-state index contributed by atoms with van der Waals surface area (Å²) in [6.45, 7) is 7.49. The van der Waals surface area contributed by atoms with E-state index in [1.807, 2.05) is 6.08 Å². The molecule has 1 aliphatic heterocycles. The van der Waals surface area contributed by atoms with Crippen molar-refractivity contribution in [2.24, 2.45) is 40.4 Å². The van der Waals surface area contributed by atoms with Crippen LogP contribution in [0, 0.1) is 40.4 Å². The fourth-order valence-electron chi connectivity index (χ4n) is 7.89. The van der Waals surface area contributed by atoms with E-state index in [-0.39, 0.29) is 11.5 Å². The Bertz CT molecular complexity index is 642. The van der Waals surface area contributed by atoms with Gasteiger partial charge in [-0.15, -0.1) is 0 Å². The van der Waals surface area contributed by atoms with Crippen LogP contribution in [0.4, 0.5) is 0 Å². The summed E-state index contributed by atoms with van der Waals surface area (Å²) >= 11 is 3.75. The van der Waals surface area contributed by atoms with Crippen LogP contribution in [-0.4, -0.2) is 23.3 Å². The number of halogens is 1. The third-order valence-electron chi connectivity index (χ3n) is 9.23. The summed E-state index contributed by atoms with van der Waals surface area (Å²) in [4.78, 5) is 12.0. The van der Waals surface area contributed by atoms with Crippen molar-refractivity contribution in [1.29, 1.82) is 0 Å². The Hall–Kier alpha value is -0.150. The molecular formula is C22H31BrO2. The lowest BCUT2D eigenvalue weighted by Gasteiger charge is -2.57. The Morgan fingerprint density at radius 2 is 2.04 bits per heavy atom. The molecular weight excluding hydrogens is 376 g/mol.